The predicted molar refractivity (Wildman–Crippen MR) is 124 cm³/mol. The number of anilines is 2. The van der Waals surface area contributed by atoms with Crippen LogP contribution in [-0.2, 0) is 4.79 Å². The van der Waals surface area contributed by atoms with E-state index in [4.69, 9.17) is 11.6 Å². The summed E-state index contributed by atoms with van der Waals surface area (Å²) in [7, 11) is 0. The number of benzene rings is 3. The molecule has 0 radical (unpaired) electrons. The molecule has 0 saturated heterocycles. The summed E-state index contributed by atoms with van der Waals surface area (Å²) in [6, 6.07) is 19.4. The third-order valence-electron chi connectivity index (χ3n) is 5.37. The number of hydrogen-bond donors (Lipinski definition) is 1. The smallest absolute Gasteiger partial charge is 0.251 e. The predicted octanol–water partition coefficient (Wildman–Crippen LogP) is 4.69. The SMILES string of the molecule is O=C(CN1C(c2ccccc2)=C[C@@H](c2ccc(Cl)cc2)n2nnnc21)Nc1ccc(F)cc1F. The minimum absolute atomic E-state index is 0.118. The van der Waals surface area contributed by atoms with Gasteiger partial charge in [0.05, 0.1) is 11.4 Å². The Hall–Kier alpha value is -4.11. The van der Waals surface area contributed by atoms with Gasteiger partial charge in [-0.05, 0) is 51.9 Å². The number of carbonyl (C=O) groups excluding carboxylic acids is 1. The van der Waals surface area contributed by atoms with E-state index in [1.54, 1.807) is 21.7 Å². The Morgan fingerprint density at radius 2 is 1.79 bits per heavy atom. The van der Waals surface area contributed by atoms with Crippen LogP contribution in [0.15, 0.2) is 78.9 Å². The zero-order chi connectivity index (χ0) is 23.7. The molecule has 0 aliphatic carbocycles. The first-order valence-corrected chi connectivity index (χ1v) is 10.7. The first-order valence-electron chi connectivity index (χ1n) is 10.3. The molecule has 10 heteroatoms. The van der Waals surface area contributed by atoms with Crippen LogP contribution in [0.1, 0.15) is 17.2 Å². The lowest BCUT2D eigenvalue weighted by Gasteiger charge is -2.32. The Kier molecular flexibility index (Phi) is 5.77. The van der Waals surface area contributed by atoms with Crippen molar-refractivity contribution in [2.45, 2.75) is 6.04 Å². The molecular formula is C24H17ClF2N6O. The van der Waals surface area contributed by atoms with Crippen molar-refractivity contribution in [1.29, 1.82) is 0 Å². The quantitative estimate of drug-likeness (QED) is 0.450. The molecule has 3 aromatic carbocycles. The van der Waals surface area contributed by atoms with E-state index in [1.165, 1.54) is 6.07 Å². The number of nitrogens with one attached hydrogen (secondary N) is 1. The fourth-order valence-corrected chi connectivity index (χ4v) is 3.93. The molecular weight excluding hydrogens is 462 g/mol. The van der Waals surface area contributed by atoms with Crippen LogP contribution < -0.4 is 10.2 Å². The van der Waals surface area contributed by atoms with Gasteiger partial charge in [0.15, 0.2) is 0 Å². The summed E-state index contributed by atoms with van der Waals surface area (Å²) in [6.07, 6.45) is 1.95. The monoisotopic (exact) mass is 478 g/mol. The molecule has 5 rings (SSSR count). The molecule has 34 heavy (non-hydrogen) atoms. The van der Waals surface area contributed by atoms with E-state index in [-0.39, 0.29) is 18.3 Å². The van der Waals surface area contributed by atoms with E-state index < -0.39 is 17.5 Å². The number of halogens is 3. The first-order chi connectivity index (χ1) is 16.5. The number of amides is 1. The lowest BCUT2D eigenvalue weighted by Crippen LogP contribution is -2.37. The minimum Gasteiger partial charge on any atom is -0.322 e. The van der Waals surface area contributed by atoms with Crippen molar-refractivity contribution in [3.8, 4) is 0 Å². The maximum Gasteiger partial charge on any atom is 0.251 e. The summed E-state index contributed by atoms with van der Waals surface area (Å²) in [5.41, 5.74) is 2.34. The fraction of sp³-hybridized carbons (Fsp3) is 0.0833. The normalized spacial score (nSPS) is 15.0. The highest BCUT2D eigenvalue weighted by Gasteiger charge is 2.32. The molecule has 0 saturated carbocycles. The number of carbonyl (C=O) groups is 1. The summed E-state index contributed by atoms with van der Waals surface area (Å²) < 4.78 is 28.9. The second kappa shape index (κ2) is 9.03. The standard InChI is InChI=1S/C24H17ClF2N6O/c25-17-8-6-16(7-9-17)22-13-21(15-4-2-1-3-5-15)32(24-29-30-31-33(22)24)14-23(34)28-20-11-10-18(26)12-19(20)27/h1-13,22H,14H2,(H,28,34)/t22-/m0/s1. The maximum absolute atomic E-state index is 14.1. The van der Waals surface area contributed by atoms with Gasteiger partial charge in [0, 0.05) is 11.1 Å². The van der Waals surface area contributed by atoms with Gasteiger partial charge in [-0.2, -0.15) is 4.68 Å². The van der Waals surface area contributed by atoms with Gasteiger partial charge in [0.2, 0.25) is 5.91 Å². The molecule has 1 aromatic heterocycles. The van der Waals surface area contributed by atoms with Crippen LogP contribution in [0.4, 0.5) is 20.4 Å². The molecule has 7 nitrogen and oxygen atoms in total. The van der Waals surface area contributed by atoms with Gasteiger partial charge in [-0.15, -0.1) is 0 Å². The Morgan fingerprint density at radius 1 is 1.03 bits per heavy atom. The van der Waals surface area contributed by atoms with Crippen molar-refractivity contribution in [3.63, 3.8) is 0 Å². The van der Waals surface area contributed by atoms with Crippen molar-refractivity contribution in [2.24, 2.45) is 0 Å². The fourth-order valence-electron chi connectivity index (χ4n) is 3.80. The molecule has 4 aromatic rings. The van der Waals surface area contributed by atoms with E-state index >= 15 is 0 Å². The van der Waals surface area contributed by atoms with E-state index in [2.05, 4.69) is 20.8 Å². The van der Waals surface area contributed by atoms with Crippen LogP contribution in [0.2, 0.25) is 5.02 Å². The number of rotatable bonds is 5. The molecule has 1 atom stereocenters. The number of hydrogen-bond acceptors (Lipinski definition) is 5. The van der Waals surface area contributed by atoms with Crippen LogP contribution in [0.3, 0.4) is 0 Å². The Bertz CT molecular complexity index is 1370. The van der Waals surface area contributed by atoms with E-state index in [0.717, 1.165) is 17.2 Å². The van der Waals surface area contributed by atoms with E-state index in [0.29, 0.717) is 22.7 Å². The van der Waals surface area contributed by atoms with Crippen molar-refractivity contribution in [3.05, 3.63) is 107 Å². The van der Waals surface area contributed by atoms with Gasteiger partial charge in [0.25, 0.3) is 5.95 Å². The van der Waals surface area contributed by atoms with Crippen LogP contribution in [0.5, 0.6) is 0 Å². The van der Waals surface area contributed by atoms with E-state index in [1.807, 2.05) is 48.5 Å². The topological polar surface area (TPSA) is 75.9 Å². The second-order valence-electron chi connectivity index (χ2n) is 7.60. The van der Waals surface area contributed by atoms with Crippen LogP contribution in [0.25, 0.3) is 5.70 Å². The maximum atomic E-state index is 14.1. The van der Waals surface area contributed by atoms with Gasteiger partial charge >= 0.3 is 0 Å². The largest absolute Gasteiger partial charge is 0.322 e. The number of aromatic nitrogens is 4. The Labute approximate surface area is 198 Å². The van der Waals surface area contributed by atoms with Gasteiger partial charge in [-0.25, -0.2) is 8.78 Å². The molecule has 1 aliphatic rings. The zero-order valence-electron chi connectivity index (χ0n) is 17.6. The summed E-state index contributed by atoms with van der Waals surface area (Å²) in [6.45, 7) is -0.203. The molecule has 1 amide bonds. The van der Waals surface area contributed by atoms with Crippen LogP contribution in [0, 0.1) is 11.6 Å². The van der Waals surface area contributed by atoms with Crippen LogP contribution >= 0.6 is 11.6 Å². The number of nitrogens with zero attached hydrogens (tertiary/aromatic N) is 5. The molecule has 170 valence electrons. The van der Waals surface area contributed by atoms with Gasteiger partial charge in [0.1, 0.15) is 24.2 Å². The van der Waals surface area contributed by atoms with Crippen molar-refractivity contribution < 1.29 is 13.6 Å². The molecule has 1 aliphatic heterocycles. The summed E-state index contributed by atoms with van der Waals surface area (Å²) in [4.78, 5) is 14.5. The summed E-state index contributed by atoms with van der Waals surface area (Å²) in [5, 5.41) is 15.2. The number of fused-ring (bicyclic) bond motifs is 1. The van der Waals surface area contributed by atoms with E-state index in [9.17, 15) is 13.6 Å². The van der Waals surface area contributed by atoms with Crippen molar-refractivity contribution in [2.75, 3.05) is 16.8 Å². The minimum atomic E-state index is -0.863. The molecule has 0 bridgehead atoms. The summed E-state index contributed by atoms with van der Waals surface area (Å²) in [5.74, 6) is -1.77. The number of tetrazole rings is 1. The highest BCUT2D eigenvalue weighted by molar-refractivity contribution is 6.30. The van der Waals surface area contributed by atoms with Gasteiger partial charge < -0.3 is 5.32 Å². The lowest BCUT2D eigenvalue weighted by atomic mass is 10.0. The third-order valence-corrected chi connectivity index (χ3v) is 5.63. The Balaban J connectivity index is 1.52. The molecule has 0 unspecified atom stereocenters. The zero-order valence-corrected chi connectivity index (χ0v) is 18.3. The third kappa shape index (κ3) is 4.25. The molecule has 1 N–H and O–H groups in total. The lowest BCUT2D eigenvalue weighted by molar-refractivity contribution is -0.114. The van der Waals surface area contributed by atoms with Crippen LogP contribution in [-0.4, -0.2) is 32.7 Å². The second-order valence-corrected chi connectivity index (χ2v) is 8.03. The Morgan fingerprint density at radius 3 is 2.53 bits per heavy atom. The van der Waals surface area contributed by atoms with Crippen molar-refractivity contribution >= 4 is 34.8 Å². The molecule has 0 fully saturated rings. The highest BCUT2D eigenvalue weighted by Crippen LogP contribution is 2.36. The molecule has 2 heterocycles. The summed E-state index contributed by atoms with van der Waals surface area (Å²) >= 11 is 6.06. The average Bonchev–Trinajstić information content (AvgIpc) is 3.33. The van der Waals surface area contributed by atoms with Crippen molar-refractivity contribution in [1.82, 2.24) is 20.2 Å². The van der Waals surface area contributed by atoms with Gasteiger partial charge in [-0.3, -0.25) is 9.69 Å². The average molecular weight is 479 g/mol. The molecule has 0 spiro atoms. The highest BCUT2D eigenvalue weighted by atomic mass is 35.5. The van der Waals surface area contributed by atoms with Gasteiger partial charge in [-0.1, -0.05) is 59.2 Å². The first kappa shape index (κ1) is 21.7. The number of allylic oxidation sites excluding steroid dienone is 1.